The maximum Gasteiger partial charge on any atom is 0.311 e. The number of fused-ring (bicyclic) bond motifs is 1. The van der Waals surface area contributed by atoms with Crippen molar-refractivity contribution in [2.45, 2.75) is 76.7 Å². The van der Waals surface area contributed by atoms with E-state index in [0.29, 0.717) is 18.3 Å². The monoisotopic (exact) mass is 422 g/mol. The largest absolute Gasteiger partial charge is 0.427 e. The lowest BCUT2D eigenvalue weighted by Crippen LogP contribution is -2.50. The van der Waals surface area contributed by atoms with Gasteiger partial charge in [0.15, 0.2) is 0 Å². The molecule has 0 aliphatic heterocycles. The van der Waals surface area contributed by atoms with E-state index in [1.807, 2.05) is 27.7 Å². The predicted molar refractivity (Wildman–Crippen MR) is 113 cm³/mol. The molecule has 6 nitrogen and oxygen atoms in total. The fourth-order valence-corrected chi connectivity index (χ4v) is 3.72. The fraction of sp³-hybridized carbons (Fsp3) is 0.619. The summed E-state index contributed by atoms with van der Waals surface area (Å²) >= 11 is 0. The van der Waals surface area contributed by atoms with Crippen LogP contribution in [0.2, 0.25) is 0 Å². The highest BCUT2D eigenvalue weighted by Gasteiger charge is 2.41. The van der Waals surface area contributed by atoms with Crippen molar-refractivity contribution in [3.63, 3.8) is 0 Å². The van der Waals surface area contributed by atoms with Crippen molar-refractivity contribution in [3.05, 3.63) is 34.2 Å². The van der Waals surface area contributed by atoms with Gasteiger partial charge in [-0.2, -0.15) is 0 Å². The maximum absolute atomic E-state index is 13.7. The van der Waals surface area contributed by atoms with Gasteiger partial charge in [-0.3, -0.25) is 9.36 Å². The minimum absolute atomic E-state index is 0.155. The molecule has 164 valence electrons. The van der Waals surface area contributed by atoms with Crippen LogP contribution in [0.25, 0.3) is 11.0 Å². The molecule has 1 saturated carbocycles. The molecule has 2 aromatic rings. The van der Waals surface area contributed by atoms with Crippen LogP contribution < -0.4 is 11.0 Å². The molecule has 2 heterocycles. The normalized spacial score (nSPS) is 22.4. The minimum atomic E-state index is -2.80. The van der Waals surface area contributed by atoms with Crippen LogP contribution in [0.1, 0.15) is 65.5 Å². The number of rotatable bonds is 7. The summed E-state index contributed by atoms with van der Waals surface area (Å²) in [6, 6.07) is 2.31. The van der Waals surface area contributed by atoms with Gasteiger partial charge in [-0.15, -0.1) is 0 Å². The Bertz CT molecular complexity index is 996. The van der Waals surface area contributed by atoms with Crippen LogP contribution >= 0.6 is 0 Å². The van der Waals surface area contributed by atoms with Gasteiger partial charge in [0.05, 0.1) is 16.8 Å². The van der Waals surface area contributed by atoms with Crippen molar-refractivity contribution in [1.82, 2.24) is 9.55 Å². The van der Waals surface area contributed by atoms with E-state index in [1.54, 1.807) is 26.3 Å². The van der Waals surface area contributed by atoms with Crippen LogP contribution in [-0.4, -0.2) is 46.1 Å². The number of ether oxygens (including phenoxy) is 1. The number of pyridine rings is 2. The molecule has 1 aliphatic rings. The van der Waals surface area contributed by atoms with Crippen LogP contribution in [0.4, 0.5) is 8.78 Å². The number of nitrogens with zero attached hydrogens (tertiary/aromatic N) is 2. The number of hydrogen-bond acceptors (Lipinski definition) is 5. The summed E-state index contributed by atoms with van der Waals surface area (Å²) < 4.78 is 40.3. The first-order chi connectivity index (χ1) is 13.8. The highest BCUT2D eigenvalue weighted by atomic mass is 19.3. The zero-order valence-electron chi connectivity index (χ0n) is 18.3. The highest BCUT2D eigenvalue weighted by Crippen LogP contribution is 2.41. The first kappa shape index (κ1) is 22.8. The average Bonchev–Trinajstić information content (AvgIpc) is 2.63. The van der Waals surface area contributed by atoms with Gasteiger partial charge in [-0.05, 0) is 52.9 Å². The van der Waals surface area contributed by atoms with Crippen LogP contribution in [0, 0.1) is 0 Å². The summed E-state index contributed by atoms with van der Waals surface area (Å²) in [4.78, 5) is 16.9. The summed E-state index contributed by atoms with van der Waals surface area (Å²) in [6.45, 7) is 9.31. The Morgan fingerprint density at radius 2 is 1.90 bits per heavy atom. The van der Waals surface area contributed by atoms with Crippen LogP contribution in [-0.2, 0) is 9.39 Å². The maximum atomic E-state index is 13.7. The molecular weight excluding hydrogens is 393 g/mol. The van der Waals surface area contributed by atoms with Crippen molar-refractivity contribution in [3.8, 4) is 0 Å². The van der Waals surface area contributed by atoms with Gasteiger partial charge >= 0.3 is 7.48 Å². The van der Waals surface area contributed by atoms with Gasteiger partial charge in [-0.25, -0.2) is 13.8 Å². The Labute approximate surface area is 175 Å². The lowest BCUT2D eigenvalue weighted by Gasteiger charge is -2.42. The third kappa shape index (κ3) is 4.15. The number of halogens is 2. The van der Waals surface area contributed by atoms with E-state index in [9.17, 15) is 18.7 Å². The lowest BCUT2D eigenvalue weighted by molar-refractivity contribution is -0.114. The van der Waals surface area contributed by atoms with Gasteiger partial charge < -0.3 is 14.5 Å². The zero-order valence-corrected chi connectivity index (χ0v) is 18.3. The van der Waals surface area contributed by atoms with Gasteiger partial charge in [0.25, 0.3) is 12.0 Å². The second-order valence-corrected chi connectivity index (χ2v) is 9.40. The Hall–Kier alpha value is -1.84. The summed E-state index contributed by atoms with van der Waals surface area (Å²) in [5.41, 5.74) is -2.11. The van der Waals surface area contributed by atoms with Gasteiger partial charge in [-0.1, -0.05) is 6.07 Å². The first-order valence-corrected chi connectivity index (χ1v) is 10.0. The molecule has 1 aliphatic carbocycles. The Balaban J connectivity index is 2.00. The van der Waals surface area contributed by atoms with E-state index >= 15 is 0 Å². The van der Waals surface area contributed by atoms with E-state index in [2.05, 4.69) is 4.98 Å². The van der Waals surface area contributed by atoms with Crippen LogP contribution in [0.15, 0.2) is 23.1 Å². The molecule has 0 bridgehead atoms. The number of alkyl halides is 2. The molecule has 0 amide bonds. The molecule has 0 saturated heterocycles. The van der Waals surface area contributed by atoms with E-state index in [1.165, 1.54) is 4.57 Å². The van der Waals surface area contributed by atoms with Crippen molar-refractivity contribution >= 4 is 24.0 Å². The third-order valence-electron chi connectivity index (χ3n) is 6.49. The molecular formula is C21H29BF2N2O4. The molecule has 0 unspecified atom stereocenters. The number of aromatic nitrogens is 2. The van der Waals surface area contributed by atoms with Crippen molar-refractivity contribution in [1.29, 1.82) is 0 Å². The fourth-order valence-electron chi connectivity index (χ4n) is 3.72. The van der Waals surface area contributed by atoms with E-state index < -0.39 is 28.8 Å². The summed E-state index contributed by atoms with van der Waals surface area (Å²) in [7, 11) is 1.76. The van der Waals surface area contributed by atoms with Crippen molar-refractivity contribution in [2.75, 3.05) is 7.11 Å². The van der Waals surface area contributed by atoms with E-state index in [0.717, 1.165) is 6.07 Å². The SMILES string of the molecule is COC(C)(C)C(C)(C)OBc1cnc2c(c1)c(C(F)F)cc(=O)n2[C@H]1C[C@@](C)(O)C1. The predicted octanol–water partition coefficient (Wildman–Crippen LogP) is 2.62. The molecule has 3 rings (SSSR count). The molecule has 30 heavy (non-hydrogen) atoms. The first-order valence-electron chi connectivity index (χ1n) is 10.0. The Morgan fingerprint density at radius 1 is 1.27 bits per heavy atom. The smallest absolute Gasteiger partial charge is 0.311 e. The molecule has 1 N–H and O–H groups in total. The molecule has 9 heteroatoms. The Kier molecular flexibility index (Phi) is 5.86. The van der Waals surface area contributed by atoms with Crippen molar-refractivity contribution in [2.24, 2.45) is 0 Å². The van der Waals surface area contributed by atoms with E-state index in [-0.39, 0.29) is 30.1 Å². The quantitative estimate of drug-likeness (QED) is 0.695. The second kappa shape index (κ2) is 7.69. The zero-order chi connectivity index (χ0) is 22.5. The molecule has 0 aromatic carbocycles. The molecule has 2 aromatic heterocycles. The lowest BCUT2D eigenvalue weighted by atomic mass is 9.77. The number of methoxy groups -OCH3 is 1. The van der Waals surface area contributed by atoms with Gasteiger partial charge in [0.2, 0.25) is 0 Å². The van der Waals surface area contributed by atoms with E-state index in [4.69, 9.17) is 9.39 Å². The van der Waals surface area contributed by atoms with Gasteiger partial charge in [0, 0.05) is 36.4 Å². The topological polar surface area (TPSA) is 73.6 Å². The molecule has 0 radical (unpaired) electrons. The van der Waals surface area contributed by atoms with Crippen LogP contribution in [0.5, 0.6) is 0 Å². The number of aliphatic hydroxyl groups is 1. The standard InChI is InChI=1S/C21H29BF2N2O4/c1-19(2,29-6)20(3,4)30-22-12-7-15-14(17(23)24)8-16(27)26(18(15)25-11-12)13-9-21(5,28)10-13/h7-8,11,13,17,22,28H,9-10H2,1-6H3/t13-,21+. The molecule has 0 atom stereocenters. The summed E-state index contributed by atoms with van der Waals surface area (Å²) in [6.07, 6.45) is -0.507. The average molecular weight is 422 g/mol. The minimum Gasteiger partial charge on any atom is -0.427 e. The third-order valence-corrected chi connectivity index (χ3v) is 6.49. The second-order valence-electron chi connectivity index (χ2n) is 9.40. The highest BCUT2D eigenvalue weighted by molar-refractivity contribution is 6.47. The van der Waals surface area contributed by atoms with Crippen molar-refractivity contribution < 1.29 is 23.3 Å². The summed E-state index contributed by atoms with van der Waals surface area (Å²) in [5.74, 6) is 0. The van der Waals surface area contributed by atoms with Crippen LogP contribution in [0.3, 0.4) is 0 Å². The molecule has 1 fully saturated rings. The molecule has 0 spiro atoms. The summed E-state index contributed by atoms with van der Waals surface area (Å²) in [5, 5.41) is 10.3. The Morgan fingerprint density at radius 3 is 2.43 bits per heavy atom. The number of hydrogen-bond donors (Lipinski definition) is 1. The van der Waals surface area contributed by atoms with Gasteiger partial charge in [0.1, 0.15) is 5.65 Å².